The molecule has 20 heteroatoms. The van der Waals surface area contributed by atoms with Gasteiger partial charge in [0.25, 0.3) is 0 Å². The van der Waals surface area contributed by atoms with Crippen molar-refractivity contribution in [1.82, 2.24) is 0 Å². The summed E-state index contributed by atoms with van der Waals surface area (Å²) in [5, 5.41) is 8.15. The number of carboxylic acids is 1. The molecule has 1 unspecified atom stereocenters. The van der Waals surface area contributed by atoms with Gasteiger partial charge < -0.3 is 66.6 Å². The molecular weight excluding hydrogens is 782 g/mol. The fraction of sp³-hybridized carbons (Fsp3) is 0.944. The van der Waals surface area contributed by atoms with Crippen molar-refractivity contribution < 1.29 is 139 Å². The molecule has 0 spiro atoms. The van der Waals surface area contributed by atoms with Crippen molar-refractivity contribution in [3.8, 4) is 0 Å². The van der Waals surface area contributed by atoms with Crippen LogP contribution in [0.25, 0.3) is 0 Å². The summed E-state index contributed by atoms with van der Waals surface area (Å²) >= 11 is 0. The van der Waals surface area contributed by atoms with Crippen LogP contribution in [0.3, 0.4) is 0 Å². The Morgan fingerprint density at radius 1 is 0.429 bits per heavy atom. The Morgan fingerprint density at radius 2 is 0.679 bits per heavy atom. The number of carbonyl (C=O) groups is 2. The van der Waals surface area contributed by atoms with Gasteiger partial charge in [-0.2, -0.15) is 0 Å². The van der Waals surface area contributed by atoms with Crippen LogP contribution in [0.2, 0.25) is 0 Å². The minimum Gasteiger partial charge on any atom is -0.747 e. The molecule has 0 aromatic heterocycles. The minimum absolute atomic E-state index is 0. The molecule has 0 rings (SSSR count). The topological polar surface area (TPSA) is 216 Å². The molecule has 0 aliphatic rings. The van der Waals surface area contributed by atoms with Crippen molar-refractivity contribution in [2.75, 3.05) is 139 Å². The van der Waals surface area contributed by atoms with E-state index < -0.39 is 33.7 Å². The van der Waals surface area contributed by atoms with Crippen molar-refractivity contribution in [2.24, 2.45) is 0 Å². The molecule has 0 aliphatic heterocycles. The number of hydrogen-bond acceptors (Lipinski definition) is 17. The van der Waals surface area contributed by atoms with Crippen molar-refractivity contribution >= 4 is 22.1 Å². The summed E-state index contributed by atoms with van der Waals surface area (Å²) in [6.07, 6.45) is 12.0. The molecule has 56 heavy (non-hydrogen) atoms. The van der Waals surface area contributed by atoms with E-state index in [0.29, 0.717) is 106 Å². The van der Waals surface area contributed by atoms with E-state index >= 15 is 0 Å². The van der Waals surface area contributed by atoms with Gasteiger partial charge in [-0.25, -0.2) is 8.42 Å². The van der Waals surface area contributed by atoms with E-state index in [2.05, 4.69) is 11.7 Å². The van der Waals surface area contributed by atoms with Crippen LogP contribution in [0.1, 0.15) is 77.6 Å². The first-order valence-corrected chi connectivity index (χ1v) is 20.8. The number of unbranched alkanes of at least 4 members (excludes halogenated alkanes) is 9. The molecule has 0 saturated heterocycles. The third-order valence-electron chi connectivity index (χ3n) is 7.43. The van der Waals surface area contributed by atoms with E-state index in [0.717, 1.165) is 13.0 Å². The average molecular weight is 851 g/mol. The van der Waals surface area contributed by atoms with Gasteiger partial charge in [-0.15, -0.1) is 0 Å². The second kappa shape index (κ2) is 48.1. The Bertz CT molecular complexity index is 937. The zero-order valence-corrected chi connectivity index (χ0v) is 39.4. The smallest absolute Gasteiger partial charge is 0.747 e. The molecule has 0 N–H and O–H groups in total. The predicted octanol–water partition coefficient (Wildman–Crippen LogP) is -4.32. The predicted molar refractivity (Wildman–Crippen MR) is 194 cm³/mol. The number of rotatable bonds is 45. The number of esters is 1. The van der Waals surface area contributed by atoms with Crippen molar-refractivity contribution in [1.29, 1.82) is 0 Å². The van der Waals surface area contributed by atoms with E-state index in [1.165, 1.54) is 57.8 Å². The van der Waals surface area contributed by atoms with Crippen LogP contribution in [0.15, 0.2) is 0 Å². The number of ether oxygens (including phenoxy) is 11. The van der Waals surface area contributed by atoms with E-state index in [-0.39, 0.29) is 85.5 Å². The number of aliphatic carboxylic acids is 1. The van der Waals surface area contributed by atoms with Gasteiger partial charge in [-0.05, 0) is 6.42 Å². The van der Waals surface area contributed by atoms with Gasteiger partial charge in [0.05, 0.1) is 126 Å². The second-order valence-corrected chi connectivity index (χ2v) is 13.6. The molecule has 322 valence electrons. The first kappa shape index (κ1) is 60.8. The van der Waals surface area contributed by atoms with Gasteiger partial charge in [-0.1, -0.05) is 64.7 Å². The first-order chi connectivity index (χ1) is 26.3. The summed E-state index contributed by atoms with van der Waals surface area (Å²) in [5.74, 6) is -3.32. The maximum Gasteiger partial charge on any atom is 1.00 e. The summed E-state index contributed by atoms with van der Waals surface area (Å²) in [5.41, 5.74) is 0. The van der Waals surface area contributed by atoms with Crippen LogP contribution < -0.4 is 64.2 Å². The standard InChI is InChI=1S/C36H70O17S.2Na/c1-2-3-4-5-6-7-8-9-10-11-12-43-13-14-44-15-16-45-17-18-46-19-20-47-21-22-48-23-24-49-25-26-50-27-28-51-29-30-52-31-32-53-36(39)34(33-35(37)38)54(40,41)42;;/h34H,2-33H2,1H3,(H,37,38)(H,40,41,42);;/q;2*+1/p-2. The monoisotopic (exact) mass is 850 g/mol. The average Bonchev–Trinajstić information content (AvgIpc) is 3.13. The Labute approximate surface area is 379 Å². The van der Waals surface area contributed by atoms with Crippen LogP contribution in [-0.2, 0) is 71.8 Å². The molecule has 0 radical (unpaired) electrons. The molecule has 0 fully saturated rings. The Kier molecular flexibility index (Phi) is 52.2. The summed E-state index contributed by atoms with van der Waals surface area (Å²) < 4.78 is 91.9. The van der Waals surface area contributed by atoms with Crippen LogP contribution in [-0.4, -0.2) is 169 Å². The summed E-state index contributed by atoms with van der Waals surface area (Å²) in [7, 11) is -5.19. The van der Waals surface area contributed by atoms with Crippen LogP contribution >= 0.6 is 0 Å². The molecule has 0 bridgehead atoms. The van der Waals surface area contributed by atoms with Gasteiger partial charge in [0.1, 0.15) is 16.7 Å². The molecule has 0 amide bonds. The Hall–Kier alpha value is 0.450. The van der Waals surface area contributed by atoms with E-state index in [4.69, 9.17) is 47.4 Å². The van der Waals surface area contributed by atoms with Gasteiger partial charge in [0, 0.05) is 19.0 Å². The van der Waals surface area contributed by atoms with Gasteiger partial charge in [0.15, 0.2) is 5.25 Å². The second-order valence-electron chi connectivity index (χ2n) is 12.0. The number of carboxylic acid groups (broad SMARTS) is 1. The molecule has 0 aromatic carbocycles. The third-order valence-corrected chi connectivity index (χ3v) is 8.48. The SMILES string of the molecule is CCCCCCCCCCCCOCCOCCOCCOCCOCCOCCOCCOCCOCCOCCOC(=O)C(CC(=O)[O-])S(=O)(=O)[O-].[Na+].[Na+]. The zero-order chi connectivity index (χ0) is 39.6. The molecule has 0 saturated carbocycles. The van der Waals surface area contributed by atoms with E-state index in [1.54, 1.807) is 0 Å². The summed E-state index contributed by atoms with van der Waals surface area (Å²) in [6.45, 7) is 10.5. The van der Waals surface area contributed by atoms with E-state index in [1.807, 2.05) is 0 Å². The summed E-state index contributed by atoms with van der Waals surface area (Å²) in [6, 6.07) is 0. The zero-order valence-electron chi connectivity index (χ0n) is 34.6. The van der Waals surface area contributed by atoms with Gasteiger partial charge >= 0.3 is 65.1 Å². The largest absolute Gasteiger partial charge is 1.00 e. The molecule has 0 aromatic rings. The maximum absolute atomic E-state index is 11.6. The normalized spacial score (nSPS) is 11.9. The molecule has 0 heterocycles. The Balaban J connectivity index is -0.0000140. The van der Waals surface area contributed by atoms with E-state index in [9.17, 15) is 27.7 Å². The van der Waals surface area contributed by atoms with Crippen molar-refractivity contribution in [2.45, 2.75) is 82.8 Å². The maximum atomic E-state index is 11.6. The Morgan fingerprint density at radius 3 is 0.946 bits per heavy atom. The van der Waals surface area contributed by atoms with Crippen LogP contribution in [0.4, 0.5) is 0 Å². The molecule has 0 aliphatic carbocycles. The minimum atomic E-state index is -5.19. The quantitative estimate of drug-likeness (QED) is 0.0245. The van der Waals surface area contributed by atoms with Crippen molar-refractivity contribution in [3.63, 3.8) is 0 Å². The van der Waals surface area contributed by atoms with Gasteiger partial charge in [0.2, 0.25) is 0 Å². The fourth-order valence-electron chi connectivity index (χ4n) is 4.52. The first-order valence-electron chi connectivity index (χ1n) is 19.4. The third kappa shape index (κ3) is 47.1. The van der Waals surface area contributed by atoms with Gasteiger partial charge in [-0.3, -0.25) is 4.79 Å². The van der Waals surface area contributed by atoms with Crippen LogP contribution in [0.5, 0.6) is 0 Å². The number of hydrogen-bond donors (Lipinski definition) is 0. The van der Waals surface area contributed by atoms with Crippen LogP contribution in [0, 0.1) is 0 Å². The molecule has 1 atom stereocenters. The summed E-state index contributed by atoms with van der Waals surface area (Å²) in [4.78, 5) is 22.1. The fourth-order valence-corrected chi connectivity index (χ4v) is 5.17. The molecular formula is C36H68Na2O17S. The van der Waals surface area contributed by atoms with Crippen molar-refractivity contribution in [3.05, 3.63) is 0 Å². The number of carbonyl (C=O) groups excluding carboxylic acids is 2. The molecule has 17 nitrogen and oxygen atoms in total.